The van der Waals surface area contributed by atoms with E-state index in [-0.39, 0.29) is 10.8 Å². The average molecular weight is 510 g/mol. The number of sulfonamides is 1. The average Bonchev–Trinajstić information content (AvgIpc) is 3.08. The first-order valence-electron chi connectivity index (χ1n) is 11.3. The van der Waals surface area contributed by atoms with Crippen molar-refractivity contribution in [2.45, 2.75) is 39.5 Å². The van der Waals surface area contributed by atoms with Crippen LogP contribution in [0, 0.1) is 27.7 Å². The van der Waals surface area contributed by atoms with Crippen molar-refractivity contribution in [3.05, 3.63) is 76.6 Å². The maximum atomic E-state index is 12.8. The molecule has 2 N–H and O–H groups in total. The van der Waals surface area contributed by atoms with E-state index in [2.05, 4.69) is 45.5 Å². The van der Waals surface area contributed by atoms with Gasteiger partial charge < -0.3 is 9.88 Å². The number of aryl methyl sites for hydroxylation is 3. The van der Waals surface area contributed by atoms with Crippen molar-refractivity contribution in [3.8, 4) is 5.69 Å². The second-order valence-electron chi connectivity index (χ2n) is 8.71. The molecule has 190 valence electrons. The minimum absolute atomic E-state index is 0.00860. The van der Waals surface area contributed by atoms with Crippen LogP contribution >= 0.6 is 0 Å². The van der Waals surface area contributed by atoms with E-state index in [0.717, 1.165) is 38.1 Å². The normalized spacial score (nSPS) is 11.8. The second kappa shape index (κ2) is 10.9. The number of nitrogens with zero attached hydrogens (tertiary/aromatic N) is 3. The van der Waals surface area contributed by atoms with Crippen LogP contribution in [-0.4, -0.2) is 48.9 Å². The van der Waals surface area contributed by atoms with E-state index in [9.17, 15) is 18.0 Å². The van der Waals surface area contributed by atoms with E-state index in [1.54, 1.807) is 6.21 Å². The number of hydrogen-bond acceptors (Lipinski definition) is 5. The molecule has 9 nitrogen and oxygen atoms in total. The zero-order chi connectivity index (χ0) is 26.6. The molecule has 0 saturated heterocycles. The van der Waals surface area contributed by atoms with Crippen molar-refractivity contribution in [2.75, 3.05) is 18.9 Å². The lowest BCUT2D eigenvalue weighted by molar-refractivity contribution is -0.121. The Hall–Kier alpha value is -3.76. The number of hydrogen-bond donors (Lipinski definition) is 2. The van der Waals surface area contributed by atoms with Crippen LogP contribution in [0.2, 0.25) is 0 Å². The number of carbonyl (C=O) groups excluding carboxylic acids is 2. The van der Waals surface area contributed by atoms with Crippen LogP contribution in [0.15, 0.2) is 58.5 Å². The van der Waals surface area contributed by atoms with Crippen molar-refractivity contribution < 1.29 is 18.0 Å². The lowest BCUT2D eigenvalue weighted by atomic mass is 10.1. The molecule has 1 heterocycles. The molecule has 1 aromatic heterocycles. The molecule has 10 heteroatoms. The number of benzene rings is 2. The number of rotatable bonds is 8. The van der Waals surface area contributed by atoms with Crippen molar-refractivity contribution in [1.82, 2.24) is 14.3 Å². The summed E-state index contributed by atoms with van der Waals surface area (Å²) in [7, 11) is -2.58. The van der Waals surface area contributed by atoms with Gasteiger partial charge in [-0.1, -0.05) is 12.1 Å². The molecule has 3 aromatic rings. The molecule has 2 amide bonds. The smallest absolute Gasteiger partial charge is 0.255 e. The van der Waals surface area contributed by atoms with Crippen LogP contribution in [-0.2, 0) is 19.6 Å². The fraction of sp³-hybridized carbons (Fsp3) is 0.269. The van der Waals surface area contributed by atoms with Gasteiger partial charge in [0, 0.05) is 42.3 Å². The fourth-order valence-electron chi connectivity index (χ4n) is 3.84. The van der Waals surface area contributed by atoms with Crippen LogP contribution in [0.25, 0.3) is 5.69 Å². The summed E-state index contributed by atoms with van der Waals surface area (Å²) in [5, 5.41) is 6.61. The van der Waals surface area contributed by atoms with Gasteiger partial charge in [0.2, 0.25) is 15.9 Å². The van der Waals surface area contributed by atoms with E-state index in [0.29, 0.717) is 5.69 Å². The molecule has 36 heavy (non-hydrogen) atoms. The van der Waals surface area contributed by atoms with Gasteiger partial charge in [0.1, 0.15) is 0 Å². The Bertz CT molecular complexity index is 1420. The summed E-state index contributed by atoms with van der Waals surface area (Å²) in [6.07, 6.45) is 1.55. The molecule has 0 spiro atoms. The number of anilines is 1. The van der Waals surface area contributed by atoms with E-state index in [1.807, 2.05) is 26.8 Å². The van der Waals surface area contributed by atoms with Gasteiger partial charge in [-0.15, -0.1) is 0 Å². The molecule has 0 saturated carbocycles. The van der Waals surface area contributed by atoms with E-state index in [1.165, 1.54) is 38.2 Å². The Morgan fingerprint density at radius 3 is 2.33 bits per heavy atom. The Kier molecular flexibility index (Phi) is 8.11. The molecule has 0 fully saturated rings. The number of amides is 2. The highest BCUT2D eigenvalue weighted by Gasteiger charge is 2.23. The largest absolute Gasteiger partial charge is 0.326 e. The van der Waals surface area contributed by atoms with Gasteiger partial charge in [-0.05, 0) is 75.2 Å². The predicted octanol–water partition coefficient (Wildman–Crippen LogP) is 3.44. The standard InChI is InChI=1S/C26H31N5O4S/c1-17-7-8-18(2)25(13-17)31-19(3)14-22(20(31)4)15-27-29-26(33)16-30(6)36(34,35)24-11-9-23(10-12-24)28-21(5)32/h7-15H,16H2,1-6H3,(H,28,32)(H,29,33)/b27-15+. The van der Waals surface area contributed by atoms with E-state index in [4.69, 9.17) is 0 Å². The first-order valence-corrected chi connectivity index (χ1v) is 12.8. The Labute approximate surface area is 211 Å². The number of aromatic nitrogens is 1. The van der Waals surface area contributed by atoms with Crippen molar-refractivity contribution >= 4 is 33.7 Å². The van der Waals surface area contributed by atoms with Crippen molar-refractivity contribution in [3.63, 3.8) is 0 Å². The van der Waals surface area contributed by atoms with Crippen LogP contribution in [0.4, 0.5) is 5.69 Å². The highest BCUT2D eigenvalue weighted by Crippen LogP contribution is 2.23. The molecular weight excluding hydrogens is 478 g/mol. The molecule has 0 bridgehead atoms. The Morgan fingerprint density at radius 1 is 1.03 bits per heavy atom. The zero-order valence-electron chi connectivity index (χ0n) is 21.3. The summed E-state index contributed by atoms with van der Waals surface area (Å²) in [4.78, 5) is 23.5. The van der Waals surface area contributed by atoms with Gasteiger partial charge in [0.05, 0.1) is 17.7 Å². The van der Waals surface area contributed by atoms with Crippen LogP contribution in [0.5, 0.6) is 0 Å². The number of nitrogens with one attached hydrogen (secondary N) is 2. The monoisotopic (exact) mass is 509 g/mol. The van der Waals surface area contributed by atoms with Gasteiger partial charge in [-0.3, -0.25) is 9.59 Å². The minimum atomic E-state index is -3.90. The summed E-state index contributed by atoms with van der Waals surface area (Å²) in [5.41, 5.74) is 9.12. The van der Waals surface area contributed by atoms with Gasteiger partial charge in [-0.25, -0.2) is 13.8 Å². The maximum absolute atomic E-state index is 12.8. The summed E-state index contributed by atoms with van der Waals surface area (Å²) in [5.74, 6) is -0.831. The van der Waals surface area contributed by atoms with Gasteiger partial charge in [0.25, 0.3) is 5.91 Å². The lowest BCUT2D eigenvalue weighted by Gasteiger charge is -2.16. The summed E-state index contributed by atoms with van der Waals surface area (Å²) in [6, 6.07) is 14.0. The van der Waals surface area contributed by atoms with Crippen molar-refractivity contribution in [2.24, 2.45) is 5.10 Å². The van der Waals surface area contributed by atoms with E-state index < -0.39 is 22.5 Å². The van der Waals surface area contributed by atoms with Gasteiger partial charge in [0.15, 0.2) is 0 Å². The quantitative estimate of drug-likeness (QED) is 0.358. The first-order chi connectivity index (χ1) is 16.9. The number of hydrazone groups is 1. The fourth-order valence-corrected chi connectivity index (χ4v) is 4.97. The predicted molar refractivity (Wildman–Crippen MR) is 141 cm³/mol. The molecule has 0 aliphatic carbocycles. The molecule has 0 aliphatic heterocycles. The SMILES string of the molecule is CC(=O)Nc1ccc(S(=O)(=O)N(C)CC(=O)N/N=C/c2cc(C)n(-c3cc(C)ccc3C)c2C)cc1. The van der Waals surface area contributed by atoms with Crippen LogP contribution in [0.3, 0.4) is 0 Å². The second-order valence-corrected chi connectivity index (χ2v) is 10.8. The van der Waals surface area contributed by atoms with Crippen LogP contribution < -0.4 is 10.7 Å². The molecule has 3 rings (SSSR count). The van der Waals surface area contributed by atoms with Gasteiger partial charge >= 0.3 is 0 Å². The third kappa shape index (κ3) is 6.07. The summed E-state index contributed by atoms with van der Waals surface area (Å²) < 4.78 is 28.7. The Balaban J connectivity index is 1.67. The highest BCUT2D eigenvalue weighted by atomic mass is 32.2. The third-order valence-corrected chi connectivity index (χ3v) is 7.54. The summed E-state index contributed by atoms with van der Waals surface area (Å²) in [6.45, 7) is 9.05. The minimum Gasteiger partial charge on any atom is -0.326 e. The molecular formula is C26H31N5O4S. The maximum Gasteiger partial charge on any atom is 0.255 e. The molecule has 2 aromatic carbocycles. The van der Waals surface area contributed by atoms with Crippen molar-refractivity contribution in [1.29, 1.82) is 0 Å². The molecule has 0 radical (unpaired) electrons. The number of carbonyl (C=O) groups is 2. The molecule has 0 unspecified atom stereocenters. The number of likely N-dealkylation sites (N-methyl/N-ethyl adjacent to an activating group) is 1. The molecule has 0 atom stereocenters. The third-order valence-electron chi connectivity index (χ3n) is 5.72. The highest BCUT2D eigenvalue weighted by molar-refractivity contribution is 7.89. The van der Waals surface area contributed by atoms with E-state index >= 15 is 0 Å². The molecule has 0 aliphatic rings. The zero-order valence-corrected chi connectivity index (χ0v) is 22.1. The Morgan fingerprint density at radius 2 is 1.69 bits per heavy atom. The van der Waals surface area contributed by atoms with Crippen LogP contribution in [0.1, 0.15) is 35.0 Å². The lowest BCUT2D eigenvalue weighted by Crippen LogP contribution is -2.36. The first kappa shape index (κ1) is 26.8. The summed E-state index contributed by atoms with van der Waals surface area (Å²) >= 11 is 0. The van der Waals surface area contributed by atoms with Gasteiger partial charge in [-0.2, -0.15) is 9.41 Å². The topological polar surface area (TPSA) is 113 Å².